The normalized spacial score (nSPS) is 18.8. The number of halogens is 2. The first-order valence-electron chi connectivity index (χ1n) is 13.3. The number of methoxy groups -OCH3 is 1. The van der Waals surface area contributed by atoms with E-state index in [1.165, 1.54) is 35.9 Å². The zero-order valence-electron chi connectivity index (χ0n) is 23.2. The molecule has 4 aromatic rings. The second-order valence-corrected chi connectivity index (χ2v) is 13.1. The molecule has 6 rings (SSSR count). The first-order valence-corrected chi connectivity index (χ1v) is 15.9. The van der Waals surface area contributed by atoms with Gasteiger partial charge in [0.05, 0.1) is 24.3 Å². The number of amides is 1. The third kappa shape index (κ3) is 5.68. The highest BCUT2D eigenvalue weighted by atomic mass is 35.5. The summed E-state index contributed by atoms with van der Waals surface area (Å²) in [6.07, 6.45) is 0.636. The van der Waals surface area contributed by atoms with E-state index in [9.17, 15) is 19.5 Å². The largest absolute Gasteiger partial charge is 0.507 e. The lowest BCUT2D eigenvalue weighted by Crippen LogP contribution is -2.29. The maximum Gasteiger partial charge on any atom is 0.337 e. The van der Waals surface area contributed by atoms with E-state index < -0.39 is 23.7 Å². The van der Waals surface area contributed by atoms with Gasteiger partial charge in [0.15, 0.2) is 4.34 Å². The molecule has 0 unspecified atom stereocenters. The van der Waals surface area contributed by atoms with E-state index in [-0.39, 0.29) is 28.1 Å². The number of carbonyl (C=O) groups excluding carboxylic acids is 3. The summed E-state index contributed by atoms with van der Waals surface area (Å²) in [5.74, 6) is -1.41. The lowest BCUT2D eigenvalue weighted by Gasteiger charge is -2.22. The van der Waals surface area contributed by atoms with E-state index >= 15 is 0 Å². The molecule has 2 aliphatic rings. The standard InChI is InChI=1S/C31H23Cl2N3O6S2/c1-15-11-20-12-18(8-10-23(20)42-15)26(37)24-25(16-3-5-17(6-4-16)29(40)41-2)36(28(39)27(24)38)30-34-35-31(44-30)43-14-19-7-9-21(32)13-22(19)33/h3-10,12-13,15,25,37H,11,14H2,1-2H3/b26-24+/t15-,25+/m0/s1. The summed E-state index contributed by atoms with van der Waals surface area (Å²) < 4.78 is 11.1. The number of thioether (sulfide) groups is 1. The van der Waals surface area contributed by atoms with E-state index in [2.05, 4.69) is 10.2 Å². The van der Waals surface area contributed by atoms with Crippen LogP contribution in [-0.4, -0.2) is 46.2 Å². The third-order valence-corrected chi connectivity index (χ3v) is 9.92. The van der Waals surface area contributed by atoms with Crippen LogP contribution in [0.25, 0.3) is 5.76 Å². The molecule has 0 spiro atoms. The van der Waals surface area contributed by atoms with Crippen molar-refractivity contribution in [1.82, 2.24) is 10.2 Å². The number of carbonyl (C=O) groups is 3. The van der Waals surface area contributed by atoms with Crippen LogP contribution in [0.4, 0.5) is 5.13 Å². The third-order valence-electron chi connectivity index (χ3n) is 7.23. The van der Waals surface area contributed by atoms with Crippen LogP contribution in [0.5, 0.6) is 5.75 Å². The van der Waals surface area contributed by atoms with Crippen molar-refractivity contribution in [2.45, 2.75) is 35.6 Å². The molecule has 1 saturated heterocycles. The van der Waals surface area contributed by atoms with Crippen LogP contribution in [0.1, 0.15) is 45.6 Å². The van der Waals surface area contributed by atoms with Crippen LogP contribution >= 0.6 is 46.3 Å². The molecule has 1 fully saturated rings. The quantitative estimate of drug-likeness (QED) is 0.0562. The van der Waals surface area contributed by atoms with Crippen molar-refractivity contribution in [3.63, 3.8) is 0 Å². The maximum atomic E-state index is 13.6. The molecular weight excluding hydrogens is 645 g/mol. The number of nitrogens with zero attached hydrogens (tertiary/aromatic N) is 3. The molecule has 9 nitrogen and oxygen atoms in total. The van der Waals surface area contributed by atoms with Gasteiger partial charge in [0.1, 0.15) is 17.6 Å². The smallest absolute Gasteiger partial charge is 0.337 e. The molecule has 0 radical (unpaired) electrons. The van der Waals surface area contributed by atoms with Gasteiger partial charge >= 0.3 is 11.9 Å². The van der Waals surface area contributed by atoms with Crippen LogP contribution < -0.4 is 9.64 Å². The highest BCUT2D eigenvalue weighted by molar-refractivity contribution is 8.00. The predicted molar refractivity (Wildman–Crippen MR) is 169 cm³/mol. The summed E-state index contributed by atoms with van der Waals surface area (Å²) in [5, 5.41) is 21.2. The first kappa shape index (κ1) is 30.1. The fraction of sp³-hybridized carbons (Fsp3) is 0.194. The fourth-order valence-electron chi connectivity index (χ4n) is 5.13. The van der Waals surface area contributed by atoms with Gasteiger partial charge in [-0.1, -0.05) is 64.5 Å². The van der Waals surface area contributed by atoms with Crippen molar-refractivity contribution in [2.24, 2.45) is 0 Å². The van der Waals surface area contributed by atoms with Gasteiger partial charge in [0, 0.05) is 27.8 Å². The van der Waals surface area contributed by atoms with Gasteiger partial charge in [-0.25, -0.2) is 4.79 Å². The van der Waals surface area contributed by atoms with Crippen molar-refractivity contribution >= 4 is 74.9 Å². The van der Waals surface area contributed by atoms with Gasteiger partial charge in [-0.3, -0.25) is 14.5 Å². The molecule has 1 amide bonds. The second-order valence-electron chi connectivity index (χ2n) is 10.1. The molecule has 224 valence electrons. The molecule has 0 saturated carbocycles. The summed E-state index contributed by atoms with van der Waals surface area (Å²) in [6.45, 7) is 1.95. The van der Waals surface area contributed by atoms with E-state index in [1.807, 2.05) is 13.0 Å². The number of ether oxygens (including phenoxy) is 2. The molecule has 1 aromatic heterocycles. The van der Waals surface area contributed by atoms with Crippen LogP contribution in [0.2, 0.25) is 10.0 Å². The Kier molecular flexibility index (Phi) is 8.38. The number of hydrogen-bond donors (Lipinski definition) is 1. The van der Waals surface area contributed by atoms with Crippen LogP contribution in [-0.2, 0) is 26.5 Å². The van der Waals surface area contributed by atoms with Crippen molar-refractivity contribution in [1.29, 1.82) is 0 Å². The summed E-state index contributed by atoms with van der Waals surface area (Å²) >= 11 is 14.8. The van der Waals surface area contributed by atoms with Crippen molar-refractivity contribution in [3.8, 4) is 5.75 Å². The number of fused-ring (bicyclic) bond motifs is 1. The first-order chi connectivity index (χ1) is 21.1. The van der Waals surface area contributed by atoms with Crippen molar-refractivity contribution < 1.29 is 29.0 Å². The zero-order valence-corrected chi connectivity index (χ0v) is 26.4. The van der Waals surface area contributed by atoms with Crippen LogP contribution in [0.15, 0.2) is 70.6 Å². The average Bonchev–Trinajstić information content (AvgIpc) is 3.70. The number of aromatic nitrogens is 2. The lowest BCUT2D eigenvalue weighted by atomic mass is 9.94. The number of ketones is 1. The van der Waals surface area contributed by atoms with Crippen molar-refractivity contribution in [2.75, 3.05) is 12.0 Å². The Morgan fingerprint density at radius 2 is 1.84 bits per heavy atom. The van der Waals surface area contributed by atoms with Gasteiger partial charge < -0.3 is 14.6 Å². The molecule has 0 aliphatic carbocycles. The Morgan fingerprint density at radius 3 is 2.57 bits per heavy atom. The number of esters is 1. The minimum atomic E-state index is -1.04. The molecule has 2 atom stereocenters. The molecule has 44 heavy (non-hydrogen) atoms. The minimum absolute atomic E-state index is 0.0125. The topological polar surface area (TPSA) is 119 Å². The Bertz CT molecular complexity index is 1840. The zero-order chi connectivity index (χ0) is 31.1. The van der Waals surface area contributed by atoms with Gasteiger partial charge in [0.2, 0.25) is 5.13 Å². The summed E-state index contributed by atoms with van der Waals surface area (Å²) in [7, 11) is 1.28. The molecule has 3 heterocycles. The second kappa shape index (κ2) is 12.2. The number of Topliss-reactive ketones (excluding diaryl/α,β-unsaturated/α-hetero) is 1. The van der Waals surface area contributed by atoms with E-state index in [1.54, 1.807) is 42.5 Å². The Labute approximate surface area is 270 Å². The van der Waals surface area contributed by atoms with Crippen molar-refractivity contribution in [3.05, 3.63) is 104 Å². The number of aliphatic hydroxyl groups excluding tert-OH is 1. The molecule has 0 bridgehead atoms. The number of benzene rings is 3. The predicted octanol–water partition coefficient (Wildman–Crippen LogP) is 6.87. The van der Waals surface area contributed by atoms with Gasteiger partial charge in [-0.05, 0) is 66.1 Å². The monoisotopic (exact) mass is 667 g/mol. The SMILES string of the molecule is COC(=O)c1ccc([C@@H]2/C(=C(\O)c3ccc4c(c3)C[C@H](C)O4)C(=O)C(=O)N2c2nnc(SCc3ccc(Cl)cc3Cl)s2)cc1. The molecule has 3 aromatic carbocycles. The minimum Gasteiger partial charge on any atom is -0.507 e. The highest BCUT2D eigenvalue weighted by Crippen LogP contribution is 2.45. The van der Waals surface area contributed by atoms with E-state index in [4.69, 9.17) is 32.7 Å². The Hall–Kier alpha value is -3.90. The average molecular weight is 669 g/mol. The van der Waals surface area contributed by atoms with E-state index in [0.29, 0.717) is 43.4 Å². The van der Waals surface area contributed by atoms with Gasteiger partial charge in [-0.2, -0.15) is 0 Å². The lowest BCUT2D eigenvalue weighted by molar-refractivity contribution is -0.132. The number of anilines is 1. The van der Waals surface area contributed by atoms with E-state index in [0.717, 1.165) is 22.5 Å². The molecule has 1 N–H and O–H groups in total. The summed E-state index contributed by atoms with van der Waals surface area (Å²) in [5.41, 5.74) is 2.78. The van der Waals surface area contributed by atoms with Gasteiger partial charge in [-0.15, -0.1) is 10.2 Å². The summed E-state index contributed by atoms with van der Waals surface area (Å²) in [4.78, 5) is 40.5. The maximum absolute atomic E-state index is 13.6. The Morgan fingerprint density at radius 1 is 1.09 bits per heavy atom. The fourth-order valence-corrected chi connectivity index (χ4v) is 7.55. The number of aliphatic hydroxyl groups is 1. The van der Waals surface area contributed by atoms with Crippen LogP contribution in [0.3, 0.4) is 0 Å². The number of rotatable bonds is 7. The Balaban J connectivity index is 1.39. The molecule has 2 aliphatic heterocycles. The molecular formula is C31H23Cl2N3O6S2. The number of hydrogen-bond acceptors (Lipinski definition) is 10. The molecule has 13 heteroatoms. The van der Waals surface area contributed by atoms with Crippen LogP contribution in [0, 0.1) is 0 Å². The van der Waals surface area contributed by atoms with Gasteiger partial charge in [0.25, 0.3) is 5.78 Å². The highest BCUT2D eigenvalue weighted by Gasteiger charge is 2.48. The summed E-state index contributed by atoms with van der Waals surface area (Å²) in [6, 6.07) is 15.6.